The summed E-state index contributed by atoms with van der Waals surface area (Å²) in [5.74, 6) is 0. The number of aliphatic hydroxyl groups excluding tert-OH is 1. The molecule has 8 heavy (non-hydrogen) atoms. The monoisotopic (exact) mass is 191 g/mol. The Kier molecular flexibility index (Phi) is 8.35. The van der Waals surface area contributed by atoms with Gasteiger partial charge in [0.1, 0.15) is 0 Å². The molecule has 0 aromatic heterocycles. The van der Waals surface area contributed by atoms with Crippen LogP contribution in [0.4, 0.5) is 8.78 Å². The van der Waals surface area contributed by atoms with Gasteiger partial charge in [0, 0.05) is 17.1 Å². The maximum absolute atomic E-state index is 11.2. The Labute approximate surface area is 62.3 Å². The molecule has 0 saturated carbocycles. The molecular weight excluding hydrogens is 186 g/mol. The van der Waals surface area contributed by atoms with Crippen molar-refractivity contribution in [2.45, 2.75) is 11.7 Å². The zero-order chi connectivity index (χ0) is 5.86. The molecule has 0 rings (SSSR count). The van der Waals surface area contributed by atoms with Crippen LogP contribution in [0.1, 0.15) is 0 Å². The molecule has 0 saturated heterocycles. The first-order valence-corrected chi connectivity index (χ1v) is 2.27. The minimum Gasteiger partial charge on any atom is -0.395 e. The summed E-state index contributed by atoms with van der Waals surface area (Å²) in [6, 6.07) is 0. The first-order valence-electron chi connectivity index (χ1n) is 1.75. The van der Waals surface area contributed by atoms with E-state index < -0.39 is 18.3 Å². The Morgan fingerprint density at radius 3 is 1.88 bits per heavy atom. The van der Waals surface area contributed by atoms with Crippen molar-refractivity contribution >= 4 is 12.6 Å². The average Bonchev–Trinajstić information content (AvgIpc) is 1.65. The fraction of sp³-hybridized carbons (Fsp3) is 1.00. The third kappa shape index (κ3) is 4.84. The van der Waals surface area contributed by atoms with Crippen molar-refractivity contribution in [2.75, 3.05) is 6.61 Å². The molecule has 0 aliphatic rings. The van der Waals surface area contributed by atoms with Gasteiger partial charge >= 0.3 is 0 Å². The van der Waals surface area contributed by atoms with Crippen LogP contribution in [0.2, 0.25) is 0 Å². The number of thiol groups is 1. The maximum atomic E-state index is 11.2. The van der Waals surface area contributed by atoms with Gasteiger partial charge in [0.25, 0.3) is 6.43 Å². The molecule has 0 amide bonds. The van der Waals surface area contributed by atoms with Gasteiger partial charge < -0.3 is 5.11 Å². The molecular formula is C3H6CuF2OS. The second-order valence-corrected chi connectivity index (χ2v) is 1.75. The molecule has 0 aliphatic heterocycles. The van der Waals surface area contributed by atoms with E-state index in [1.54, 1.807) is 0 Å². The van der Waals surface area contributed by atoms with Gasteiger partial charge in [-0.25, -0.2) is 8.78 Å². The summed E-state index contributed by atoms with van der Waals surface area (Å²) in [5.41, 5.74) is 0. The standard InChI is InChI=1S/C3H6F2OS.Cu/c4-3(5)2(7)1-6;/h2-3,6-7H,1H2;. The van der Waals surface area contributed by atoms with Crippen molar-refractivity contribution in [3.8, 4) is 0 Å². The van der Waals surface area contributed by atoms with Crippen molar-refractivity contribution < 1.29 is 31.0 Å². The van der Waals surface area contributed by atoms with E-state index >= 15 is 0 Å². The van der Waals surface area contributed by atoms with Crippen LogP contribution in [0, 0.1) is 0 Å². The van der Waals surface area contributed by atoms with E-state index in [9.17, 15) is 8.78 Å². The summed E-state index contributed by atoms with van der Waals surface area (Å²) >= 11 is 3.32. The molecule has 0 spiro atoms. The van der Waals surface area contributed by atoms with E-state index in [4.69, 9.17) is 5.11 Å². The van der Waals surface area contributed by atoms with E-state index in [1.165, 1.54) is 0 Å². The van der Waals surface area contributed by atoms with Gasteiger partial charge in [0.15, 0.2) is 0 Å². The van der Waals surface area contributed by atoms with Crippen LogP contribution in [0.5, 0.6) is 0 Å². The zero-order valence-corrected chi connectivity index (χ0v) is 5.65. The second kappa shape index (κ2) is 5.82. The molecule has 0 fully saturated rings. The van der Waals surface area contributed by atoms with Gasteiger partial charge in [-0.05, 0) is 0 Å². The van der Waals surface area contributed by atoms with Crippen molar-refractivity contribution in [1.82, 2.24) is 0 Å². The molecule has 1 radical (unpaired) electrons. The van der Waals surface area contributed by atoms with Gasteiger partial charge in [-0.15, -0.1) is 0 Å². The van der Waals surface area contributed by atoms with E-state index in [1.807, 2.05) is 0 Å². The van der Waals surface area contributed by atoms with Gasteiger partial charge in [0.2, 0.25) is 0 Å². The van der Waals surface area contributed by atoms with E-state index in [2.05, 4.69) is 12.6 Å². The first kappa shape index (κ1) is 11.5. The first-order chi connectivity index (χ1) is 3.18. The normalized spacial score (nSPS) is 13.1. The Morgan fingerprint density at radius 1 is 1.50 bits per heavy atom. The predicted octanol–water partition coefficient (Wildman–Crippen LogP) is 0.540. The minimum absolute atomic E-state index is 0. The molecule has 1 unspecified atom stereocenters. The largest absolute Gasteiger partial charge is 0.395 e. The zero-order valence-electron chi connectivity index (χ0n) is 3.81. The quantitative estimate of drug-likeness (QED) is 0.482. The molecule has 1 N–H and O–H groups in total. The van der Waals surface area contributed by atoms with Crippen molar-refractivity contribution in [3.05, 3.63) is 0 Å². The minimum atomic E-state index is -2.52. The summed E-state index contributed by atoms with van der Waals surface area (Å²) in [6.07, 6.45) is -2.52. The fourth-order valence-corrected chi connectivity index (χ4v) is 0.0797. The number of hydrogen-bond acceptors (Lipinski definition) is 2. The molecule has 1 atom stereocenters. The number of rotatable bonds is 2. The predicted molar refractivity (Wildman–Crippen MR) is 25.9 cm³/mol. The van der Waals surface area contributed by atoms with Crippen molar-refractivity contribution in [2.24, 2.45) is 0 Å². The Hall–Kier alpha value is 0.689. The summed E-state index contributed by atoms with van der Waals surface area (Å²) in [4.78, 5) is 0. The summed E-state index contributed by atoms with van der Waals surface area (Å²) < 4.78 is 22.4. The molecule has 55 valence electrons. The van der Waals surface area contributed by atoms with Crippen LogP contribution in [-0.4, -0.2) is 23.4 Å². The van der Waals surface area contributed by atoms with Crippen LogP contribution in [-0.2, 0) is 17.1 Å². The smallest absolute Gasteiger partial charge is 0.252 e. The van der Waals surface area contributed by atoms with Gasteiger partial charge in [-0.3, -0.25) is 0 Å². The number of halogens is 2. The van der Waals surface area contributed by atoms with E-state index in [-0.39, 0.29) is 17.1 Å². The topological polar surface area (TPSA) is 20.2 Å². The Morgan fingerprint density at radius 2 is 1.88 bits per heavy atom. The van der Waals surface area contributed by atoms with Crippen molar-refractivity contribution in [1.29, 1.82) is 0 Å². The molecule has 0 aliphatic carbocycles. The second-order valence-electron chi connectivity index (χ2n) is 1.08. The summed E-state index contributed by atoms with van der Waals surface area (Å²) in [6.45, 7) is -0.569. The van der Waals surface area contributed by atoms with Crippen LogP contribution in [0.15, 0.2) is 0 Å². The average molecular weight is 192 g/mol. The van der Waals surface area contributed by atoms with Gasteiger partial charge in [-0.2, -0.15) is 12.6 Å². The fourth-order valence-electron chi connectivity index (χ4n) is 0.0797. The number of aliphatic hydroxyl groups is 1. The third-order valence-corrected chi connectivity index (χ3v) is 0.867. The van der Waals surface area contributed by atoms with Crippen LogP contribution >= 0.6 is 12.6 Å². The van der Waals surface area contributed by atoms with Crippen LogP contribution in [0.3, 0.4) is 0 Å². The van der Waals surface area contributed by atoms with E-state index in [0.717, 1.165) is 0 Å². The van der Waals surface area contributed by atoms with Crippen LogP contribution in [0.25, 0.3) is 0 Å². The Balaban J connectivity index is 0. The number of hydrogen-bond donors (Lipinski definition) is 2. The molecule has 0 aromatic carbocycles. The molecule has 0 bridgehead atoms. The molecule has 5 heteroatoms. The summed E-state index contributed by atoms with van der Waals surface area (Å²) in [7, 11) is 0. The van der Waals surface area contributed by atoms with Crippen molar-refractivity contribution in [3.63, 3.8) is 0 Å². The Bertz CT molecular complexity index is 54.5. The SMILES string of the molecule is OCC(S)C(F)F.[Cu]. The third-order valence-electron chi connectivity index (χ3n) is 0.478. The van der Waals surface area contributed by atoms with Gasteiger partial charge in [-0.1, -0.05) is 0 Å². The number of alkyl halides is 2. The molecule has 1 nitrogen and oxygen atoms in total. The summed E-state index contributed by atoms with van der Waals surface area (Å²) in [5, 5.41) is 6.77. The van der Waals surface area contributed by atoms with Crippen LogP contribution < -0.4 is 0 Å². The molecule has 0 aromatic rings. The molecule has 0 heterocycles. The van der Waals surface area contributed by atoms with Gasteiger partial charge in [0.05, 0.1) is 11.9 Å². The maximum Gasteiger partial charge on any atom is 0.252 e. The van der Waals surface area contributed by atoms with E-state index in [0.29, 0.717) is 0 Å².